The van der Waals surface area contributed by atoms with Gasteiger partial charge in [0, 0.05) is 15.2 Å². The predicted molar refractivity (Wildman–Crippen MR) is 87.4 cm³/mol. The molecule has 112 valence electrons. The quantitative estimate of drug-likeness (QED) is 0.719. The Bertz CT molecular complexity index is 772. The molecular weight excluding hydrogens is 376 g/mol. The fraction of sp³-hybridized carbons (Fsp3) is 0.200. The lowest BCUT2D eigenvalue weighted by Gasteiger charge is -2.14. The Kier molecular flexibility index (Phi) is 4.96. The van der Waals surface area contributed by atoms with E-state index in [1.807, 2.05) is 37.3 Å². The standard InChI is InChI=1S/C15H14BrClO3S/c1-10-6-11(2)15(14(7-10)21(17,18)19)20-9-12-4-3-5-13(16)8-12/h3-8H,9H2,1-2H3. The molecular formula is C15H14BrClO3S. The molecule has 0 aromatic heterocycles. The maximum absolute atomic E-state index is 11.7. The lowest BCUT2D eigenvalue weighted by Crippen LogP contribution is -2.03. The van der Waals surface area contributed by atoms with Crippen molar-refractivity contribution in [2.75, 3.05) is 0 Å². The van der Waals surface area contributed by atoms with E-state index >= 15 is 0 Å². The van der Waals surface area contributed by atoms with Crippen LogP contribution in [0, 0.1) is 13.8 Å². The molecule has 0 spiro atoms. The third-order valence-electron chi connectivity index (χ3n) is 2.92. The summed E-state index contributed by atoms with van der Waals surface area (Å²) in [5.74, 6) is 0.301. The maximum atomic E-state index is 11.7. The van der Waals surface area contributed by atoms with Crippen LogP contribution >= 0.6 is 26.6 Å². The summed E-state index contributed by atoms with van der Waals surface area (Å²) in [6, 6.07) is 11.0. The molecule has 0 atom stereocenters. The second kappa shape index (κ2) is 6.38. The Hall–Kier alpha value is -1.04. The van der Waals surface area contributed by atoms with Crippen molar-refractivity contribution in [3.63, 3.8) is 0 Å². The Labute approximate surface area is 137 Å². The average Bonchev–Trinajstić information content (AvgIpc) is 2.36. The fourth-order valence-corrected chi connectivity index (χ4v) is 3.62. The summed E-state index contributed by atoms with van der Waals surface area (Å²) in [7, 11) is 1.65. The van der Waals surface area contributed by atoms with E-state index in [-0.39, 0.29) is 11.5 Å². The van der Waals surface area contributed by atoms with Gasteiger partial charge in [0.25, 0.3) is 9.05 Å². The molecule has 0 aliphatic heterocycles. The smallest absolute Gasteiger partial charge is 0.265 e. The lowest BCUT2D eigenvalue weighted by molar-refractivity contribution is 0.296. The number of aryl methyl sites for hydroxylation is 2. The third-order valence-corrected chi connectivity index (χ3v) is 4.74. The van der Waals surface area contributed by atoms with E-state index in [9.17, 15) is 8.42 Å². The molecule has 0 aliphatic rings. The molecule has 0 N–H and O–H groups in total. The van der Waals surface area contributed by atoms with Crippen LogP contribution in [0.3, 0.4) is 0 Å². The number of benzene rings is 2. The molecule has 0 heterocycles. The van der Waals surface area contributed by atoms with Crippen LogP contribution in [0.4, 0.5) is 0 Å². The van der Waals surface area contributed by atoms with Crippen LogP contribution < -0.4 is 4.74 Å². The van der Waals surface area contributed by atoms with Crippen LogP contribution in [-0.2, 0) is 15.7 Å². The molecule has 0 saturated carbocycles. The first-order chi connectivity index (χ1) is 9.77. The first kappa shape index (κ1) is 16.3. The minimum absolute atomic E-state index is 0.0108. The Balaban J connectivity index is 2.36. The van der Waals surface area contributed by atoms with Crippen molar-refractivity contribution in [1.82, 2.24) is 0 Å². The zero-order valence-corrected chi connectivity index (χ0v) is 14.7. The van der Waals surface area contributed by atoms with Gasteiger partial charge in [-0.05, 0) is 48.7 Å². The Morgan fingerprint density at radius 1 is 1.19 bits per heavy atom. The molecule has 0 aliphatic carbocycles. The number of hydrogen-bond donors (Lipinski definition) is 0. The summed E-state index contributed by atoms with van der Waals surface area (Å²) in [5.41, 5.74) is 2.49. The monoisotopic (exact) mass is 388 g/mol. The van der Waals surface area contributed by atoms with E-state index in [4.69, 9.17) is 15.4 Å². The van der Waals surface area contributed by atoms with Gasteiger partial charge >= 0.3 is 0 Å². The molecule has 2 aromatic rings. The highest BCUT2D eigenvalue weighted by Crippen LogP contribution is 2.32. The van der Waals surface area contributed by atoms with Crippen molar-refractivity contribution in [1.29, 1.82) is 0 Å². The minimum Gasteiger partial charge on any atom is -0.487 e. The molecule has 3 nitrogen and oxygen atoms in total. The number of rotatable bonds is 4. The molecule has 0 bridgehead atoms. The summed E-state index contributed by atoms with van der Waals surface area (Å²) in [5, 5.41) is 0. The first-order valence-electron chi connectivity index (χ1n) is 6.20. The largest absolute Gasteiger partial charge is 0.487 e. The molecule has 2 rings (SSSR count). The van der Waals surface area contributed by atoms with E-state index in [2.05, 4.69) is 15.9 Å². The van der Waals surface area contributed by atoms with Crippen molar-refractivity contribution < 1.29 is 13.2 Å². The van der Waals surface area contributed by atoms with E-state index in [0.717, 1.165) is 21.2 Å². The predicted octanol–water partition coefficient (Wildman–Crippen LogP) is 4.57. The number of ether oxygens (including phenoxy) is 1. The fourth-order valence-electron chi connectivity index (χ4n) is 2.06. The van der Waals surface area contributed by atoms with Gasteiger partial charge in [-0.3, -0.25) is 0 Å². The zero-order chi connectivity index (χ0) is 15.6. The SMILES string of the molecule is Cc1cc(C)c(OCc2cccc(Br)c2)c(S(=O)(=O)Cl)c1. The average molecular weight is 390 g/mol. The van der Waals surface area contributed by atoms with Crippen molar-refractivity contribution in [2.45, 2.75) is 25.3 Å². The topological polar surface area (TPSA) is 43.4 Å². The first-order valence-corrected chi connectivity index (χ1v) is 9.31. The van der Waals surface area contributed by atoms with Crippen LogP contribution in [0.2, 0.25) is 0 Å². The van der Waals surface area contributed by atoms with Gasteiger partial charge in [-0.2, -0.15) is 0 Å². The summed E-state index contributed by atoms with van der Waals surface area (Å²) >= 11 is 3.39. The highest BCUT2D eigenvalue weighted by atomic mass is 79.9. The second-order valence-corrected chi connectivity index (χ2v) is 8.22. The molecule has 0 amide bonds. The number of halogens is 2. The summed E-state index contributed by atoms with van der Waals surface area (Å²) in [4.78, 5) is 0.0108. The summed E-state index contributed by atoms with van der Waals surface area (Å²) in [6.07, 6.45) is 0. The highest BCUT2D eigenvalue weighted by molar-refractivity contribution is 9.10. The molecule has 0 radical (unpaired) electrons. The van der Waals surface area contributed by atoms with Crippen LogP contribution in [0.25, 0.3) is 0 Å². The molecule has 0 fully saturated rings. The van der Waals surface area contributed by atoms with Crippen LogP contribution in [0.1, 0.15) is 16.7 Å². The van der Waals surface area contributed by atoms with Gasteiger partial charge in [-0.25, -0.2) is 8.42 Å². The molecule has 21 heavy (non-hydrogen) atoms. The second-order valence-electron chi connectivity index (χ2n) is 4.77. The van der Waals surface area contributed by atoms with Gasteiger partial charge in [0.1, 0.15) is 17.3 Å². The van der Waals surface area contributed by atoms with E-state index in [0.29, 0.717) is 5.75 Å². The highest BCUT2D eigenvalue weighted by Gasteiger charge is 2.19. The van der Waals surface area contributed by atoms with Crippen LogP contribution in [-0.4, -0.2) is 8.42 Å². The van der Waals surface area contributed by atoms with E-state index in [1.165, 1.54) is 6.07 Å². The van der Waals surface area contributed by atoms with Gasteiger partial charge < -0.3 is 4.74 Å². The maximum Gasteiger partial charge on any atom is 0.265 e. The van der Waals surface area contributed by atoms with Crippen LogP contribution in [0.15, 0.2) is 45.8 Å². The number of hydrogen-bond acceptors (Lipinski definition) is 3. The Morgan fingerprint density at radius 2 is 1.90 bits per heavy atom. The summed E-state index contributed by atoms with van der Waals surface area (Å²) in [6.45, 7) is 3.88. The van der Waals surface area contributed by atoms with Crippen molar-refractivity contribution in [2.24, 2.45) is 0 Å². The lowest BCUT2D eigenvalue weighted by atomic mass is 10.1. The van der Waals surface area contributed by atoms with Gasteiger partial charge in [-0.15, -0.1) is 0 Å². The van der Waals surface area contributed by atoms with Crippen LogP contribution in [0.5, 0.6) is 5.75 Å². The zero-order valence-electron chi connectivity index (χ0n) is 11.6. The normalized spacial score (nSPS) is 11.4. The van der Waals surface area contributed by atoms with Crippen molar-refractivity contribution in [3.8, 4) is 5.75 Å². The van der Waals surface area contributed by atoms with Gasteiger partial charge in [0.05, 0.1) is 0 Å². The third kappa shape index (κ3) is 4.22. The minimum atomic E-state index is -3.85. The van der Waals surface area contributed by atoms with E-state index in [1.54, 1.807) is 6.92 Å². The molecule has 0 unspecified atom stereocenters. The molecule has 6 heteroatoms. The van der Waals surface area contributed by atoms with Gasteiger partial charge in [0.2, 0.25) is 0 Å². The van der Waals surface area contributed by atoms with Crippen molar-refractivity contribution >= 4 is 35.7 Å². The van der Waals surface area contributed by atoms with Crippen molar-refractivity contribution in [3.05, 3.63) is 57.6 Å². The van der Waals surface area contributed by atoms with E-state index < -0.39 is 9.05 Å². The molecule has 0 saturated heterocycles. The van der Waals surface area contributed by atoms with Gasteiger partial charge in [-0.1, -0.05) is 34.1 Å². The molecule has 2 aromatic carbocycles. The summed E-state index contributed by atoms with van der Waals surface area (Å²) < 4.78 is 30.0. The van der Waals surface area contributed by atoms with Gasteiger partial charge in [0.15, 0.2) is 0 Å². The Morgan fingerprint density at radius 3 is 2.52 bits per heavy atom.